The van der Waals surface area contributed by atoms with E-state index >= 15 is 0 Å². The van der Waals surface area contributed by atoms with E-state index in [0.717, 1.165) is 11.1 Å². The standard InChI is InChI=1S/C20H25FN2O3/c1-3-26-18-9-6-16(14-19(18)25-2)11-13-23-20(24)22-12-10-15-4-7-17(21)8-5-15/h4-9,14H,3,10-13H2,1-2H3,(H2,22,23,24). The monoisotopic (exact) mass is 360 g/mol. The summed E-state index contributed by atoms with van der Waals surface area (Å²) < 4.78 is 23.6. The predicted molar refractivity (Wildman–Crippen MR) is 99.4 cm³/mol. The molecule has 0 aliphatic rings. The molecule has 0 saturated carbocycles. The van der Waals surface area contributed by atoms with E-state index in [1.165, 1.54) is 12.1 Å². The molecule has 6 heteroatoms. The van der Waals surface area contributed by atoms with Crippen LogP contribution in [0.4, 0.5) is 9.18 Å². The van der Waals surface area contributed by atoms with Gasteiger partial charge in [0.15, 0.2) is 11.5 Å². The minimum atomic E-state index is -0.259. The maximum Gasteiger partial charge on any atom is 0.314 e. The first kappa shape index (κ1) is 19.6. The number of hydrogen-bond donors (Lipinski definition) is 2. The topological polar surface area (TPSA) is 59.6 Å². The van der Waals surface area contributed by atoms with E-state index in [-0.39, 0.29) is 11.8 Å². The molecule has 140 valence electrons. The number of hydrogen-bond acceptors (Lipinski definition) is 3. The number of ether oxygens (including phenoxy) is 2. The third-order valence-electron chi connectivity index (χ3n) is 3.84. The Morgan fingerprint density at radius 3 is 2.19 bits per heavy atom. The van der Waals surface area contributed by atoms with Gasteiger partial charge in [0.05, 0.1) is 13.7 Å². The zero-order valence-electron chi connectivity index (χ0n) is 15.2. The van der Waals surface area contributed by atoms with Gasteiger partial charge in [0.1, 0.15) is 5.82 Å². The normalized spacial score (nSPS) is 10.3. The van der Waals surface area contributed by atoms with Gasteiger partial charge >= 0.3 is 6.03 Å². The average molecular weight is 360 g/mol. The van der Waals surface area contributed by atoms with E-state index < -0.39 is 0 Å². The van der Waals surface area contributed by atoms with Crippen molar-refractivity contribution >= 4 is 6.03 Å². The highest BCUT2D eigenvalue weighted by atomic mass is 19.1. The third kappa shape index (κ3) is 6.27. The lowest BCUT2D eigenvalue weighted by Crippen LogP contribution is -2.37. The zero-order chi connectivity index (χ0) is 18.8. The van der Waals surface area contributed by atoms with Gasteiger partial charge in [0.2, 0.25) is 0 Å². The highest BCUT2D eigenvalue weighted by Gasteiger charge is 2.06. The van der Waals surface area contributed by atoms with Crippen LogP contribution in [0.25, 0.3) is 0 Å². The summed E-state index contributed by atoms with van der Waals surface area (Å²) in [6.07, 6.45) is 1.35. The van der Waals surface area contributed by atoms with Crippen LogP contribution in [0.3, 0.4) is 0 Å². The Hall–Kier alpha value is -2.76. The van der Waals surface area contributed by atoms with E-state index in [4.69, 9.17) is 9.47 Å². The fourth-order valence-electron chi connectivity index (χ4n) is 2.50. The maximum absolute atomic E-state index is 12.8. The molecule has 0 atom stereocenters. The molecule has 0 fully saturated rings. The fraction of sp³-hybridized carbons (Fsp3) is 0.350. The quantitative estimate of drug-likeness (QED) is 0.721. The van der Waals surface area contributed by atoms with Crippen molar-refractivity contribution in [2.75, 3.05) is 26.8 Å². The van der Waals surface area contributed by atoms with Gasteiger partial charge in [-0.2, -0.15) is 0 Å². The van der Waals surface area contributed by atoms with Crippen molar-refractivity contribution in [1.82, 2.24) is 10.6 Å². The molecule has 26 heavy (non-hydrogen) atoms. The van der Waals surface area contributed by atoms with Gasteiger partial charge in [-0.25, -0.2) is 9.18 Å². The second-order valence-corrected chi connectivity index (χ2v) is 5.73. The van der Waals surface area contributed by atoms with Crippen LogP contribution in [0.2, 0.25) is 0 Å². The second kappa shape index (κ2) is 10.3. The summed E-state index contributed by atoms with van der Waals surface area (Å²) in [4.78, 5) is 11.8. The molecule has 0 aliphatic carbocycles. The predicted octanol–water partition coefficient (Wildman–Crippen LogP) is 3.32. The number of amides is 2. The number of methoxy groups -OCH3 is 1. The van der Waals surface area contributed by atoms with Gasteiger partial charge in [-0.05, 0) is 55.2 Å². The van der Waals surface area contributed by atoms with Gasteiger partial charge in [-0.1, -0.05) is 18.2 Å². The van der Waals surface area contributed by atoms with Gasteiger partial charge in [-0.15, -0.1) is 0 Å². The number of carbonyl (C=O) groups is 1. The lowest BCUT2D eigenvalue weighted by Gasteiger charge is -2.11. The minimum Gasteiger partial charge on any atom is -0.493 e. The summed E-state index contributed by atoms with van der Waals surface area (Å²) in [5.74, 6) is 1.14. The molecule has 2 N–H and O–H groups in total. The fourth-order valence-corrected chi connectivity index (χ4v) is 2.50. The van der Waals surface area contributed by atoms with Gasteiger partial charge in [0.25, 0.3) is 0 Å². The Labute approximate surface area is 153 Å². The summed E-state index contributed by atoms with van der Waals surface area (Å²) in [7, 11) is 1.61. The SMILES string of the molecule is CCOc1ccc(CCNC(=O)NCCc2ccc(F)cc2)cc1OC. The Morgan fingerprint density at radius 2 is 1.58 bits per heavy atom. The maximum atomic E-state index is 12.8. The number of carbonyl (C=O) groups excluding carboxylic acids is 1. The van der Waals surface area contributed by atoms with Crippen molar-refractivity contribution in [1.29, 1.82) is 0 Å². The number of halogens is 1. The number of nitrogens with one attached hydrogen (secondary N) is 2. The Kier molecular flexibility index (Phi) is 7.74. The van der Waals surface area contributed by atoms with Gasteiger partial charge < -0.3 is 20.1 Å². The second-order valence-electron chi connectivity index (χ2n) is 5.73. The van der Waals surface area contributed by atoms with Crippen LogP contribution in [0, 0.1) is 5.82 Å². The largest absolute Gasteiger partial charge is 0.493 e. The van der Waals surface area contributed by atoms with Crippen LogP contribution in [-0.4, -0.2) is 32.8 Å². The van der Waals surface area contributed by atoms with E-state index in [0.29, 0.717) is 44.0 Å². The molecular weight excluding hydrogens is 335 g/mol. The summed E-state index contributed by atoms with van der Waals surface area (Å²) in [5.41, 5.74) is 2.03. The van der Waals surface area contributed by atoms with Gasteiger partial charge in [0, 0.05) is 13.1 Å². The molecule has 5 nitrogen and oxygen atoms in total. The van der Waals surface area contributed by atoms with E-state index in [1.54, 1.807) is 19.2 Å². The Balaban J connectivity index is 1.70. The van der Waals surface area contributed by atoms with Crippen molar-refractivity contribution in [3.05, 3.63) is 59.4 Å². The molecule has 0 saturated heterocycles. The minimum absolute atomic E-state index is 0.218. The zero-order valence-corrected chi connectivity index (χ0v) is 15.2. The first-order valence-corrected chi connectivity index (χ1v) is 8.68. The van der Waals surface area contributed by atoms with Crippen LogP contribution in [0.5, 0.6) is 11.5 Å². The molecule has 2 aromatic rings. The van der Waals surface area contributed by atoms with Crippen LogP contribution >= 0.6 is 0 Å². The lowest BCUT2D eigenvalue weighted by atomic mass is 10.1. The molecule has 0 aliphatic heterocycles. The van der Waals surface area contributed by atoms with Crippen molar-refractivity contribution in [3.8, 4) is 11.5 Å². The van der Waals surface area contributed by atoms with Crippen molar-refractivity contribution in [3.63, 3.8) is 0 Å². The van der Waals surface area contributed by atoms with Crippen molar-refractivity contribution < 1.29 is 18.7 Å². The van der Waals surface area contributed by atoms with Crippen LogP contribution in [0.1, 0.15) is 18.1 Å². The lowest BCUT2D eigenvalue weighted by molar-refractivity contribution is 0.241. The highest BCUT2D eigenvalue weighted by molar-refractivity contribution is 5.73. The molecule has 0 unspecified atom stereocenters. The van der Waals surface area contributed by atoms with Crippen LogP contribution in [-0.2, 0) is 12.8 Å². The summed E-state index contributed by atoms with van der Waals surface area (Å²) in [5, 5.41) is 5.61. The first-order valence-electron chi connectivity index (χ1n) is 8.68. The van der Waals surface area contributed by atoms with Crippen molar-refractivity contribution in [2.24, 2.45) is 0 Å². The smallest absolute Gasteiger partial charge is 0.314 e. The molecule has 0 bridgehead atoms. The van der Waals surface area contributed by atoms with E-state index in [2.05, 4.69) is 10.6 Å². The molecule has 0 radical (unpaired) electrons. The number of rotatable bonds is 9. The van der Waals surface area contributed by atoms with Crippen molar-refractivity contribution in [2.45, 2.75) is 19.8 Å². The molecule has 2 rings (SSSR count). The summed E-state index contributed by atoms with van der Waals surface area (Å²) >= 11 is 0. The summed E-state index contributed by atoms with van der Waals surface area (Å²) in [6, 6.07) is 11.8. The van der Waals surface area contributed by atoms with Crippen LogP contribution in [0.15, 0.2) is 42.5 Å². The first-order chi connectivity index (χ1) is 12.6. The average Bonchev–Trinajstić information content (AvgIpc) is 2.64. The third-order valence-corrected chi connectivity index (χ3v) is 3.84. The molecule has 0 spiro atoms. The Morgan fingerprint density at radius 1 is 0.962 bits per heavy atom. The van der Waals surface area contributed by atoms with E-state index in [1.807, 2.05) is 25.1 Å². The molecule has 2 aromatic carbocycles. The summed E-state index contributed by atoms with van der Waals surface area (Å²) in [6.45, 7) is 3.51. The number of benzene rings is 2. The molecular formula is C20H25FN2O3. The number of urea groups is 1. The molecule has 0 aromatic heterocycles. The molecule has 0 heterocycles. The Bertz CT molecular complexity index is 705. The van der Waals surface area contributed by atoms with Gasteiger partial charge in [-0.3, -0.25) is 0 Å². The van der Waals surface area contributed by atoms with E-state index in [9.17, 15) is 9.18 Å². The van der Waals surface area contributed by atoms with Crippen LogP contribution < -0.4 is 20.1 Å². The molecule has 2 amide bonds. The highest BCUT2D eigenvalue weighted by Crippen LogP contribution is 2.28.